The van der Waals surface area contributed by atoms with Crippen LogP contribution in [0.3, 0.4) is 0 Å². The number of fused-ring (bicyclic) bond motifs is 1. The fourth-order valence-corrected chi connectivity index (χ4v) is 3.11. The predicted octanol–water partition coefficient (Wildman–Crippen LogP) is 3.32. The van der Waals surface area contributed by atoms with Gasteiger partial charge in [-0.15, -0.1) is 0 Å². The number of carbonyl (C=O) groups excluding carboxylic acids is 2. The first kappa shape index (κ1) is 18.7. The maximum absolute atomic E-state index is 12.1. The lowest BCUT2D eigenvalue weighted by atomic mass is 10.1. The van der Waals surface area contributed by atoms with Gasteiger partial charge in [-0.1, -0.05) is 42.5 Å². The van der Waals surface area contributed by atoms with Crippen LogP contribution in [0, 0.1) is 0 Å². The van der Waals surface area contributed by atoms with E-state index in [1.54, 1.807) is 41.3 Å². The van der Waals surface area contributed by atoms with Gasteiger partial charge in [0.2, 0.25) is 5.91 Å². The normalized spacial score (nSPS) is 15.0. The number of nitrogens with zero attached hydrogens (tertiary/aromatic N) is 2. The van der Waals surface area contributed by atoms with Crippen molar-refractivity contribution in [2.75, 3.05) is 11.9 Å². The standard InChI is InChI=1S/C22H21N3O4/c26-19(16-6-2-1-3-7-16)10-11-22(27)24-17-12-23-25(13-17)14-18-15-28-20-8-4-5-9-21(20)29-18/h1-9,12-13,18H,10-11,14-15H2,(H,24,27)/t18-/m1/s1. The Morgan fingerprint density at radius 2 is 1.79 bits per heavy atom. The summed E-state index contributed by atoms with van der Waals surface area (Å²) in [7, 11) is 0. The number of ether oxygens (including phenoxy) is 2. The number of nitrogens with one attached hydrogen (secondary N) is 1. The summed E-state index contributed by atoms with van der Waals surface area (Å²) in [5.74, 6) is 1.18. The molecule has 0 fully saturated rings. The van der Waals surface area contributed by atoms with Crippen molar-refractivity contribution >= 4 is 17.4 Å². The van der Waals surface area contributed by atoms with Crippen LogP contribution in [0.1, 0.15) is 23.2 Å². The molecular formula is C22H21N3O4. The van der Waals surface area contributed by atoms with Crippen LogP contribution in [-0.2, 0) is 11.3 Å². The summed E-state index contributed by atoms with van der Waals surface area (Å²) in [6, 6.07) is 16.5. The van der Waals surface area contributed by atoms with E-state index in [0.717, 1.165) is 5.75 Å². The highest BCUT2D eigenvalue weighted by atomic mass is 16.6. The summed E-state index contributed by atoms with van der Waals surface area (Å²) in [6.07, 6.45) is 3.43. The van der Waals surface area contributed by atoms with Crippen LogP contribution in [-0.4, -0.2) is 34.2 Å². The molecule has 7 heteroatoms. The van der Waals surface area contributed by atoms with Crippen molar-refractivity contribution in [1.82, 2.24) is 9.78 Å². The minimum Gasteiger partial charge on any atom is -0.486 e. The molecule has 1 amide bonds. The molecule has 7 nitrogen and oxygen atoms in total. The summed E-state index contributed by atoms with van der Waals surface area (Å²) >= 11 is 0. The first-order chi connectivity index (χ1) is 14.2. The van der Waals surface area contributed by atoms with Crippen LogP contribution >= 0.6 is 0 Å². The second-order valence-corrected chi connectivity index (χ2v) is 6.79. The molecule has 148 valence electrons. The number of hydrogen-bond donors (Lipinski definition) is 1. The van der Waals surface area contributed by atoms with Crippen LogP contribution in [0.25, 0.3) is 0 Å². The molecule has 0 unspecified atom stereocenters. The molecule has 0 aliphatic carbocycles. The third-order valence-electron chi connectivity index (χ3n) is 4.55. The van der Waals surface area contributed by atoms with E-state index in [1.165, 1.54) is 0 Å². The van der Waals surface area contributed by atoms with Crippen molar-refractivity contribution in [3.05, 3.63) is 72.6 Å². The van der Waals surface area contributed by atoms with E-state index in [-0.39, 0.29) is 30.6 Å². The van der Waals surface area contributed by atoms with Crippen molar-refractivity contribution in [1.29, 1.82) is 0 Å². The van der Waals surface area contributed by atoms with Gasteiger partial charge in [0.25, 0.3) is 0 Å². The quantitative estimate of drug-likeness (QED) is 0.625. The Labute approximate surface area is 168 Å². The Kier molecular flexibility index (Phi) is 5.56. The van der Waals surface area contributed by atoms with Crippen LogP contribution in [0.2, 0.25) is 0 Å². The van der Waals surface area contributed by atoms with E-state index in [0.29, 0.717) is 30.2 Å². The van der Waals surface area contributed by atoms with E-state index in [1.807, 2.05) is 30.3 Å². The van der Waals surface area contributed by atoms with Gasteiger partial charge in [-0.3, -0.25) is 14.3 Å². The van der Waals surface area contributed by atoms with E-state index in [9.17, 15) is 9.59 Å². The largest absolute Gasteiger partial charge is 0.486 e. The molecule has 4 rings (SSSR count). The highest BCUT2D eigenvalue weighted by Crippen LogP contribution is 2.31. The second kappa shape index (κ2) is 8.60. The lowest BCUT2D eigenvalue weighted by Crippen LogP contribution is -2.33. The minimum atomic E-state index is -0.222. The number of ketones is 1. The van der Waals surface area contributed by atoms with Gasteiger partial charge in [0.15, 0.2) is 23.4 Å². The van der Waals surface area contributed by atoms with Gasteiger partial charge in [-0.05, 0) is 12.1 Å². The molecular weight excluding hydrogens is 370 g/mol. The van der Waals surface area contributed by atoms with Crippen LogP contribution in [0.5, 0.6) is 11.5 Å². The summed E-state index contributed by atoms with van der Waals surface area (Å²) in [4.78, 5) is 24.2. The monoisotopic (exact) mass is 391 g/mol. The molecule has 0 saturated heterocycles. The molecule has 1 aliphatic heterocycles. The third-order valence-corrected chi connectivity index (χ3v) is 4.55. The summed E-state index contributed by atoms with van der Waals surface area (Å²) < 4.78 is 13.3. The molecule has 2 aromatic carbocycles. The van der Waals surface area contributed by atoms with Crippen LogP contribution in [0.15, 0.2) is 67.0 Å². The smallest absolute Gasteiger partial charge is 0.224 e. The molecule has 1 atom stereocenters. The Morgan fingerprint density at radius 1 is 1.03 bits per heavy atom. The SMILES string of the molecule is O=C(CCC(=O)c1ccccc1)Nc1cnn(C[C@@H]2COc3ccccc3O2)c1. The van der Waals surface area contributed by atoms with Gasteiger partial charge in [0.05, 0.1) is 18.4 Å². The number of anilines is 1. The van der Waals surface area contributed by atoms with Crippen molar-refractivity contribution in [2.45, 2.75) is 25.5 Å². The van der Waals surface area contributed by atoms with Gasteiger partial charge < -0.3 is 14.8 Å². The first-order valence-corrected chi connectivity index (χ1v) is 9.46. The maximum Gasteiger partial charge on any atom is 0.224 e. The lowest BCUT2D eigenvalue weighted by molar-refractivity contribution is -0.116. The molecule has 3 aromatic rings. The molecule has 1 aromatic heterocycles. The van der Waals surface area contributed by atoms with Crippen LogP contribution in [0.4, 0.5) is 5.69 Å². The number of Topliss-reactive ketones (excluding diaryl/α,β-unsaturated/α-hetero) is 1. The topological polar surface area (TPSA) is 82.5 Å². The number of benzene rings is 2. The highest BCUT2D eigenvalue weighted by molar-refractivity contribution is 5.99. The highest BCUT2D eigenvalue weighted by Gasteiger charge is 2.21. The van der Waals surface area contributed by atoms with Gasteiger partial charge in [0.1, 0.15) is 6.61 Å². The lowest BCUT2D eigenvalue weighted by Gasteiger charge is -2.26. The molecule has 1 aliphatic rings. The molecule has 0 radical (unpaired) electrons. The van der Waals surface area contributed by atoms with Gasteiger partial charge in [-0.2, -0.15) is 5.10 Å². The zero-order valence-corrected chi connectivity index (χ0v) is 15.8. The summed E-state index contributed by atoms with van der Waals surface area (Å²) in [6.45, 7) is 0.927. The fourth-order valence-electron chi connectivity index (χ4n) is 3.11. The van der Waals surface area contributed by atoms with Crippen molar-refractivity contribution in [3.8, 4) is 11.5 Å². The average molecular weight is 391 g/mol. The fraction of sp³-hybridized carbons (Fsp3) is 0.227. The number of amides is 1. The second-order valence-electron chi connectivity index (χ2n) is 6.79. The van der Waals surface area contributed by atoms with Crippen molar-refractivity contribution < 1.29 is 19.1 Å². The van der Waals surface area contributed by atoms with Gasteiger partial charge in [0, 0.05) is 24.6 Å². The van der Waals surface area contributed by atoms with Crippen molar-refractivity contribution in [2.24, 2.45) is 0 Å². The molecule has 29 heavy (non-hydrogen) atoms. The maximum atomic E-state index is 12.1. The van der Waals surface area contributed by atoms with E-state index < -0.39 is 0 Å². The Morgan fingerprint density at radius 3 is 2.62 bits per heavy atom. The number of rotatable bonds is 7. The van der Waals surface area contributed by atoms with E-state index in [2.05, 4.69) is 10.4 Å². The van der Waals surface area contributed by atoms with Gasteiger partial charge >= 0.3 is 0 Å². The average Bonchev–Trinajstić information content (AvgIpc) is 3.19. The predicted molar refractivity (Wildman–Crippen MR) is 107 cm³/mol. The van der Waals surface area contributed by atoms with Gasteiger partial charge in [-0.25, -0.2) is 0 Å². The molecule has 0 saturated carbocycles. The van der Waals surface area contributed by atoms with E-state index in [4.69, 9.17) is 9.47 Å². The molecule has 1 N–H and O–H groups in total. The third kappa shape index (κ3) is 4.82. The minimum absolute atomic E-state index is 0.0498. The van der Waals surface area contributed by atoms with Crippen molar-refractivity contribution in [3.63, 3.8) is 0 Å². The Bertz CT molecular complexity index is 1000. The molecule has 2 heterocycles. The number of carbonyl (C=O) groups is 2. The van der Waals surface area contributed by atoms with Crippen LogP contribution < -0.4 is 14.8 Å². The Hall–Kier alpha value is -3.61. The number of hydrogen-bond acceptors (Lipinski definition) is 5. The number of aromatic nitrogens is 2. The summed E-state index contributed by atoms with van der Waals surface area (Å²) in [5, 5.41) is 7.04. The number of para-hydroxylation sites is 2. The summed E-state index contributed by atoms with van der Waals surface area (Å²) in [5.41, 5.74) is 1.20. The molecule has 0 spiro atoms. The first-order valence-electron chi connectivity index (χ1n) is 9.46. The zero-order valence-electron chi connectivity index (χ0n) is 15.8. The zero-order chi connectivity index (χ0) is 20.1. The van der Waals surface area contributed by atoms with E-state index >= 15 is 0 Å². The molecule has 0 bridgehead atoms. The Balaban J connectivity index is 1.26.